The number of hydrogen-bond acceptors (Lipinski definition) is 4. The monoisotopic (exact) mass is 287 g/mol. The van der Waals surface area contributed by atoms with Crippen LogP contribution in [0.1, 0.15) is 10.4 Å². The second-order valence-electron chi connectivity index (χ2n) is 4.73. The molecule has 1 aromatic carbocycles. The van der Waals surface area contributed by atoms with Crippen LogP contribution < -0.4 is 5.32 Å². The van der Waals surface area contributed by atoms with Gasteiger partial charge in [0.25, 0.3) is 0 Å². The van der Waals surface area contributed by atoms with Crippen LogP contribution in [0.3, 0.4) is 0 Å². The number of Topliss-reactive ketones (excluding diaryl/α,β-unsaturated/α-hetero) is 1. The fourth-order valence-corrected chi connectivity index (χ4v) is 3.29. The molecular formula is C15H13NO3S. The van der Waals surface area contributed by atoms with Gasteiger partial charge in [-0.05, 0) is 24.5 Å². The van der Waals surface area contributed by atoms with Gasteiger partial charge in [0.1, 0.15) is 0 Å². The average Bonchev–Trinajstić information content (AvgIpc) is 2.46. The summed E-state index contributed by atoms with van der Waals surface area (Å²) in [5, 5.41) is 12.5. The summed E-state index contributed by atoms with van der Waals surface area (Å²) in [6, 6.07) is 7.03. The highest BCUT2D eigenvalue weighted by atomic mass is 32.2. The number of benzene rings is 1. The van der Waals surface area contributed by atoms with E-state index < -0.39 is 5.97 Å². The van der Waals surface area contributed by atoms with E-state index in [1.165, 1.54) is 11.8 Å². The maximum absolute atomic E-state index is 12.5. The van der Waals surface area contributed by atoms with Gasteiger partial charge in [-0.25, -0.2) is 4.79 Å². The van der Waals surface area contributed by atoms with Gasteiger partial charge in [0.15, 0.2) is 5.78 Å². The lowest BCUT2D eigenvalue weighted by molar-refractivity contribution is -0.132. The van der Waals surface area contributed by atoms with E-state index in [2.05, 4.69) is 5.32 Å². The van der Waals surface area contributed by atoms with E-state index in [0.717, 1.165) is 5.69 Å². The SMILES string of the molecule is CSC1=CC2C(=O)c3ccccc3NC2C=C1C(=O)O. The Balaban J connectivity index is 2.07. The van der Waals surface area contributed by atoms with Gasteiger partial charge in [-0.1, -0.05) is 18.2 Å². The van der Waals surface area contributed by atoms with Crippen LogP contribution in [0.4, 0.5) is 5.69 Å². The van der Waals surface area contributed by atoms with E-state index in [-0.39, 0.29) is 23.3 Å². The molecule has 102 valence electrons. The van der Waals surface area contributed by atoms with Gasteiger partial charge in [0, 0.05) is 16.2 Å². The van der Waals surface area contributed by atoms with Gasteiger partial charge >= 0.3 is 5.97 Å². The van der Waals surface area contributed by atoms with Crippen molar-refractivity contribution in [3.8, 4) is 0 Å². The molecule has 0 saturated carbocycles. The highest BCUT2D eigenvalue weighted by Crippen LogP contribution is 2.37. The molecule has 1 aromatic rings. The number of rotatable bonds is 2. The number of thioether (sulfide) groups is 1. The fraction of sp³-hybridized carbons (Fsp3) is 0.200. The third-order valence-corrected chi connectivity index (χ3v) is 4.39. The summed E-state index contributed by atoms with van der Waals surface area (Å²) in [6.07, 6.45) is 5.23. The van der Waals surface area contributed by atoms with Crippen molar-refractivity contribution in [2.45, 2.75) is 6.04 Å². The maximum atomic E-state index is 12.5. The summed E-state index contributed by atoms with van der Waals surface area (Å²) in [5.74, 6) is -1.26. The summed E-state index contributed by atoms with van der Waals surface area (Å²) in [4.78, 5) is 24.5. The Morgan fingerprint density at radius 2 is 2.05 bits per heavy atom. The minimum absolute atomic E-state index is 0.0385. The number of carboxylic acid groups (broad SMARTS) is 1. The third-order valence-electron chi connectivity index (χ3n) is 3.60. The molecule has 4 nitrogen and oxygen atoms in total. The predicted molar refractivity (Wildman–Crippen MR) is 79.0 cm³/mol. The quantitative estimate of drug-likeness (QED) is 0.875. The zero-order valence-electron chi connectivity index (χ0n) is 10.8. The number of carbonyl (C=O) groups is 2. The number of carboxylic acids is 1. The number of carbonyl (C=O) groups excluding carboxylic acids is 1. The number of anilines is 1. The summed E-state index contributed by atoms with van der Waals surface area (Å²) >= 11 is 1.35. The lowest BCUT2D eigenvalue weighted by Gasteiger charge is -2.33. The van der Waals surface area contributed by atoms with Crippen molar-refractivity contribution >= 4 is 29.2 Å². The lowest BCUT2D eigenvalue weighted by Crippen LogP contribution is -2.39. The number of hydrogen-bond donors (Lipinski definition) is 2. The molecule has 0 aromatic heterocycles. The number of para-hydroxylation sites is 1. The standard InChI is InChI=1S/C15H13NO3S/c1-20-13-7-9-12(6-10(13)15(18)19)16-11-5-3-2-4-8(11)14(9)17/h2-7,9,12,16H,1H3,(H,18,19). The predicted octanol–water partition coefficient (Wildman–Crippen LogP) is 2.55. The van der Waals surface area contributed by atoms with E-state index in [1.54, 1.807) is 18.2 Å². The Morgan fingerprint density at radius 3 is 2.75 bits per heavy atom. The highest BCUT2D eigenvalue weighted by molar-refractivity contribution is 8.02. The summed E-state index contributed by atoms with van der Waals surface area (Å²) in [6.45, 7) is 0. The zero-order valence-corrected chi connectivity index (χ0v) is 11.6. The van der Waals surface area contributed by atoms with Crippen molar-refractivity contribution in [1.82, 2.24) is 0 Å². The fourth-order valence-electron chi connectivity index (χ4n) is 2.63. The van der Waals surface area contributed by atoms with Gasteiger partial charge < -0.3 is 10.4 Å². The normalized spacial score (nSPS) is 23.9. The van der Waals surface area contributed by atoms with Gasteiger partial charge in [-0.2, -0.15) is 0 Å². The van der Waals surface area contributed by atoms with Crippen molar-refractivity contribution in [2.75, 3.05) is 11.6 Å². The second kappa shape index (κ2) is 4.83. The molecule has 5 heteroatoms. The molecule has 2 unspecified atom stereocenters. The van der Waals surface area contributed by atoms with Crippen molar-refractivity contribution in [3.63, 3.8) is 0 Å². The van der Waals surface area contributed by atoms with E-state index in [1.807, 2.05) is 24.5 Å². The van der Waals surface area contributed by atoms with Crippen LogP contribution in [-0.2, 0) is 4.79 Å². The highest BCUT2D eigenvalue weighted by Gasteiger charge is 2.36. The minimum atomic E-state index is -0.961. The molecule has 0 amide bonds. The van der Waals surface area contributed by atoms with Crippen LogP contribution in [0, 0.1) is 5.92 Å². The molecule has 0 radical (unpaired) electrons. The smallest absolute Gasteiger partial charge is 0.336 e. The zero-order chi connectivity index (χ0) is 14.3. The van der Waals surface area contributed by atoms with Gasteiger partial charge in [-0.15, -0.1) is 11.8 Å². The van der Waals surface area contributed by atoms with Crippen LogP contribution >= 0.6 is 11.8 Å². The molecule has 0 bridgehead atoms. The molecule has 3 rings (SSSR count). The second-order valence-corrected chi connectivity index (χ2v) is 5.57. The van der Waals surface area contributed by atoms with E-state index in [0.29, 0.717) is 10.5 Å². The maximum Gasteiger partial charge on any atom is 0.336 e. The average molecular weight is 287 g/mol. The summed E-state index contributed by atoms with van der Waals surface area (Å²) in [5.41, 5.74) is 1.69. The molecule has 2 N–H and O–H groups in total. The van der Waals surface area contributed by atoms with Crippen molar-refractivity contribution < 1.29 is 14.7 Å². The first-order chi connectivity index (χ1) is 9.61. The molecular weight excluding hydrogens is 274 g/mol. The molecule has 1 aliphatic heterocycles. The minimum Gasteiger partial charge on any atom is -0.478 e. The van der Waals surface area contributed by atoms with Gasteiger partial charge in [-0.3, -0.25) is 4.79 Å². The molecule has 1 aliphatic carbocycles. The van der Waals surface area contributed by atoms with Crippen LogP contribution in [-0.4, -0.2) is 29.2 Å². The Morgan fingerprint density at radius 1 is 1.30 bits per heavy atom. The number of nitrogens with one attached hydrogen (secondary N) is 1. The van der Waals surface area contributed by atoms with E-state index in [9.17, 15) is 14.7 Å². The molecule has 2 aliphatic rings. The van der Waals surface area contributed by atoms with Crippen molar-refractivity contribution in [1.29, 1.82) is 0 Å². The first-order valence-electron chi connectivity index (χ1n) is 6.23. The third kappa shape index (κ3) is 1.94. The molecule has 2 atom stereocenters. The first-order valence-corrected chi connectivity index (χ1v) is 7.45. The summed E-state index contributed by atoms with van der Waals surface area (Å²) < 4.78 is 0. The van der Waals surface area contributed by atoms with Crippen molar-refractivity contribution in [3.05, 3.63) is 52.5 Å². The van der Waals surface area contributed by atoms with Crippen LogP contribution in [0.5, 0.6) is 0 Å². The van der Waals surface area contributed by atoms with E-state index in [4.69, 9.17) is 0 Å². The molecule has 0 fully saturated rings. The molecule has 1 heterocycles. The molecule has 0 spiro atoms. The first kappa shape index (κ1) is 13.0. The number of ketones is 1. The largest absolute Gasteiger partial charge is 0.478 e. The Bertz CT molecular complexity index is 663. The topological polar surface area (TPSA) is 66.4 Å². The Labute approximate surface area is 120 Å². The molecule has 0 saturated heterocycles. The van der Waals surface area contributed by atoms with Crippen LogP contribution in [0.25, 0.3) is 0 Å². The van der Waals surface area contributed by atoms with Crippen molar-refractivity contribution in [2.24, 2.45) is 5.92 Å². The Hall–Kier alpha value is -2.01. The molecule has 20 heavy (non-hydrogen) atoms. The van der Waals surface area contributed by atoms with Crippen LogP contribution in [0.15, 0.2) is 46.9 Å². The van der Waals surface area contributed by atoms with Gasteiger partial charge in [0.05, 0.1) is 17.5 Å². The number of aliphatic carboxylic acids is 1. The Kier molecular flexibility index (Phi) is 3.14. The lowest BCUT2D eigenvalue weighted by atomic mass is 9.82. The van der Waals surface area contributed by atoms with Crippen LogP contribution in [0.2, 0.25) is 0 Å². The summed E-state index contributed by atoms with van der Waals surface area (Å²) in [7, 11) is 0. The van der Waals surface area contributed by atoms with Gasteiger partial charge in [0.2, 0.25) is 0 Å². The number of fused-ring (bicyclic) bond motifs is 2. The van der Waals surface area contributed by atoms with E-state index >= 15 is 0 Å².